The van der Waals surface area contributed by atoms with E-state index in [1.165, 1.54) is 25.7 Å². The van der Waals surface area contributed by atoms with Crippen molar-refractivity contribution >= 4 is 17.5 Å². The topological polar surface area (TPSA) is 29.1 Å². The molecule has 0 heterocycles. The molecule has 2 atom stereocenters. The van der Waals surface area contributed by atoms with Crippen molar-refractivity contribution in [3.63, 3.8) is 0 Å². The Morgan fingerprint density at radius 3 is 2.53 bits per heavy atom. The van der Waals surface area contributed by atoms with Gasteiger partial charge >= 0.3 is 0 Å². The molecule has 0 bridgehead atoms. The van der Waals surface area contributed by atoms with Gasteiger partial charge in [0.2, 0.25) is 5.91 Å². The van der Waals surface area contributed by atoms with Crippen molar-refractivity contribution < 1.29 is 4.79 Å². The lowest BCUT2D eigenvalue weighted by molar-refractivity contribution is -0.127. The highest BCUT2D eigenvalue weighted by Gasteiger charge is 2.31. The van der Waals surface area contributed by atoms with E-state index in [9.17, 15) is 4.79 Å². The van der Waals surface area contributed by atoms with E-state index in [0.29, 0.717) is 23.7 Å². The van der Waals surface area contributed by atoms with Crippen LogP contribution in [0, 0.1) is 17.8 Å². The normalized spacial score (nSPS) is 38.0. The van der Waals surface area contributed by atoms with Crippen molar-refractivity contribution in [2.45, 2.75) is 57.9 Å². The van der Waals surface area contributed by atoms with Gasteiger partial charge in [-0.15, -0.1) is 11.6 Å². The lowest BCUT2D eigenvalue weighted by atomic mass is 9.82. The molecule has 2 fully saturated rings. The van der Waals surface area contributed by atoms with E-state index in [-0.39, 0.29) is 5.92 Å². The van der Waals surface area contributed by atoms with Crippen LogP contribution in [0.5, 0.6) is 0 Å². The second-order valence-corrected chi connectivity index (χ2v) is 6.23. The fourth-order valence-electron chi connectivity index (χ4n) is 3.23. The largest absolute Gasteiger partial charge is 0.353 e. The molecule has 2 nitrogen and oxygen atoms in total. The third-order valence-corrected chi connectivity index (χ3v) is 4.97. The van der Waals surface area contributed by atoms with Gasteiger partial charge in [0, 0.05) is 17.8 Å². The van der Waals surface area contributed by atoms with Crippen LogP contribution in [0.25, 0.3) is 0 Å². The Bertz CT molecular complexity index is 261. The van der Waals surface area contributed by atoms with Crippen molar-refractivity contribution in [2.24, 2.45) is 17.8 Å². The van der Waals surface area contributed by atoms with Gasteiger partial charge in [-0.3, -0.25) is 4.79 Å². The molecule has 1 N–H and O–H groups in total. The van der Waals surface area contributed by atoms with Crippen molar-refractivity contribution in [3.05, 3.63) is 0 Å². The van der Waals surface area contributed by atoms with Gasteiger partial charge in [-0.25, -0.2) is 0 Å². The highest BCUT2D eigenvalue weighted by molar-refractivity contribution is 6.18. The fourth-order valence-corrected chi connectivity index (χ4v) is 3.60. The molecule has 0 spiro atoms. The van der Waals surface area contributed by atoms with E-state index in [2.05, 4.69) is 12.2 Å². The summed E-state index contributed by atoms with van der Waals surface area (Å²) >= 11 is 5.94. The molecule has 2 unspecified atom stereocenters. The molecule has 3 heteroatoms. The Hall–Kier alpha value is -0.240. The van der Waals surface area contributed by atoms with Gasteiger partial charge in [-0.2, -0.15) is 0 Å². The fraction of sp³-hybridized carbons (Fsp3) is 0.929. The second kappa shape index (κ2) is 6.08. The van der Waals surface area contributed by atoms with Gasteiger partial charge in [0.25, 0.3) is 0 Å². The maximum Gasteiger partial charge on any atom is 0.223 e. The molecular weight excluding hydrogens is 234 g/mol. The average molecular weight is 258 g/mol. The van der Waals surface area contributed by atoms with Crippen molar-refractivity contribution in [2.75, 3.05) is 5.88 Å². The standard InChI is InChI=1S/C14H24ClNO/c1-10-5-7-11(8-6-10)14(17)16-13-4-2-3-12(13)9-15/h10-13H,2-9H2,1H3,(H,16,17). The predicted molar refractivity (Wildman–Crippen MR) is 71.1 cm³/mol. The Kier molecular flexibility index (Phi) is 4.72. The third-order valence-electron chi connectivity index (χ3n) is 4.57. The van der Waals surface area contributed by atoms with Gasteiger partial charge in [0.15, 0.2) is 0 Å². The first-order chi connectivity index (χ1) is 8.20. The molecule has 2 rings (SSSR count). The van der Waals surface area contributed by atoms with Crippen LogP contribution in [0.2, 0.25) is 0 Å². The van der Waals surface area contributed by atoms with E-state index in [1.54, 1.807) is 0 Å². The van der Waals surface area contributed by atoms with Crippen LogP contribution in [0.15, 0.2) is 0 Å². The van der Waals surface area contributed by atoms with Crippen molar-refractivity contribution in [1.82, 2.24) is 5.32 Å². The molecular formula is C14H24ClNO. The highest BCUT2D eigenvalue weighted by atomic mass is 35.5. The number of rotatable bonds is 3. The van der Waals surface area contributed by atoms with Crippen LogP contribution in [-0.4, -0.2) is 17.8 Å². The number of hydrogen-bond donors (Lipinski definition) is 1. The number of nitrogens with one attached hydrogen (secondary N) is 1. The SMILES string of the molecule is CC1CCC(C(=O)NC2CCCC2CCl)CC1. The first-order valence-electron chi connectivity index (χ1n) is 7.07. The smallest absolute Gasteiger partial charge is 0.223 e. The summed E-state index contributed by atoms with van der Waals surface area (Å²) in [6.07, 6.45) is 8.08. The van der Waals surface area contributed by atoms with E-state index >= 15 is 0 Å². The Labute approximate surface area is 109 Å². The highest BCUT2D eigenvalue weighted by Crippen LogP contribution is 2.30. The van der Waals surface area contributed by atoms with E-state index in [4.69, 9.17) is 11.6 Å². The number of hydrogen-bond acceptors (Lipinski definition) is 1. The van der Waals surface area contributed by atoms with E-state index in [1.807, 2.05) is 0 Å². The Morgan fingerprint density at radius 1 is 1.18 bits per heavy atom. The number of amides is 1. The second-order valence-electron chi connectivity index (χ2n) is 5.92. The first-order valence-corrected chi connectivity index (χ1v) is 7.60. The van der Waals surface area contributed by atoms with E-state index < -0.39 is 0 Å². The summed E-state index contributed by atoms with van der Waals surface area (Å²) in [5.41, 5.74) is 0. The zero-order valence-electron chi connectivity index (χ0n) is 10.8. The summed E-state index contributed by atoms with van der Waals surface area (Å²) < 4.78 is 0. The lowest BCUT2D eigenvalue weighted by Gasteiger charge is -2.27. The number of halogens is 1. The minimum atomic E-state index is 0.266. The summed E-state index contributed by atoms with van der Waals surface area (Å²) in [5, 5.41) is 3.24. The van der Waals surface area contributed by atoms with Gasteiger partial charge < -0.3 is 5.32 Å². The predicted octanol–water partition coefficient (Wildman–Crippen LogP) is 3.34. The maximum absolute atomic E-state index is 12.2. The van der Waals surface area contributed by atoms with Gasteiger partial charge in [0.1, 0.15) is 0 Å². The van der Waals surface area contributed by atoms with Crippen molar-refractivity contribution in [1.29, 1.82) is 0 Å². The zero-order chi connectivity index (χ0) is 12.3. The van der Waals surface area contributed by atoms with Crippen LogP contribution in [0.1, 0.15) is 51.9 Å². The summed E-state index contributed by atoms with van der Waals surface area (Å²) in [6, 6.07) is 0.347. The molecule has 2 aliphatic carbocycles. The molecule has 0 aromatic carbocycles. The molecule has 0 aromatic heterocycles. The first kappa shape index (κ1) is 13.2. The molecule has 0 aromatic rings. The number of alkyl halides is 1. The van der Waals surface area contributed by atoms with Gasteiger partial charge in [-0.05, 0) is 50.4 Å². The maximum atomic E-state index is 12.2. The Balaban J connectivity index is 1.80. The van der Waals surface area contributed by atoms with Crippen LogP contribution < -0.4 is 5.32 Å². The summed E-state index contributed by atoms with van der Waals surface area (Å²) in [6.45, 7) is 2.29. The molecule has 0 aliphatic heterocycles. The van der Waals surface area contributed by atoms with Gasteiger partial charge in [-0.1, -0.05) is 13.3 Å². The lowest BCUT2D eigenvalue weighted by Crippen LogP contribution is -2.42. The van der Waals surface area contributed by atoms with Crippen LogP contribution >= 0.6 is 11.6 Å². The number of carbonyl (C=O) groups excluding carboxylic acids is 1. The molecule has 98 valence electrons. The minimum absolute atomic E-state index is 0.266. The third kappa shape index (κ3) is 3.37. The molecule has 1 amide bonds. The average Bonchev–Trinajstić information content (AvgIpc) is 2.77. The summed E-state index contributed by atoms with van der Waals surface area (Å²) in [4.78, 5) is 12.2. The number of carbonyl (C=O) groups is 1. The zero-order valence-corrected chi connectivity index (χ0v) is 11.5. The van der Waals surface area contributed by atoms with Crippen LogP contribution in [0.4, 0.5) is 0 Å². The monoisotopic (exact) mass is 257 g/mol. The summed E-state index contributed by atoms with van der Waals surface area (Å²) in [5.74, 6) is 2.55. The van der Waals surface area contributed by atoms with Gasteiger partial charge in [0.05, 0.1) is 0 Å². The molecule has 0 saturated heterocycles. The quantitative estimate of drug-likeness (QED) is 0.772. The van der Waals surface area contributed by atoms with Crippen LogP contribution in [-0.2, 0) is 4.79 Å². The van der Waals surface area contributed by atoms with Crippen molar-refractivity contribution in [3.8, 4) is 0 Å². The summed E-state index contributed by atoms with van der Waals surface area (Å²) in [7, 11) is 0. The Morgan fingerprint density at radius 2 is 1.88 bits per heavy atom. The minimum Gasteiger partial charge on any atom is -0.353 e. The van der Waals surface area contributed by atoms with Crippen LogP contribution in [0.3, 0.4) is 0 Å². The molecule has 2 aliphatic rings. The molecule has 2 saturated carbocycles. The molecule has 17 heavy (non-hydrogen) atoms. The molecule has 0 radical (unpaired) electrons. The van der Waals surface area contributed by atoms with E-state index in [0.717, 1.165) is 25.2 Å².